The number of fused-ring (bicyclic) bond motifs is 2. The van der Waals surface area contributed by atoms with Gasteiger partial charge in [0.25, 0.3) is 0 Å². The van der Waals surface area contributed by atoms with Gasteiger partial charge in [-0.1, -0.05) is 41.6 Å². The number of benzene rings is 2. The highest BCUT2D eigenvalue weighted by molar-refractivity contribution is 7.99. The lowest BCUT2D eigenvalue weighted by atomic mass is 9.98. The third-order valence-corrected chi connectivity index (χ3v) is 5.10. The zero-order valence-electron chi connectivity index (χ0n) is 11.1. The third kappa shape index (κ3) is 2.53. The van der Waals surface area contributed by atoms with Gasteiger partial charge in [-0.3, -0.25) is 0 Å². The van der Waals surface area contributed by atoms with Crippen LogP contribution >= 0.6 is 23.4 Å². The van der Waals surface area contributed by atoms with Crippen molar-refractivity contribution in [1.29, 1.82) is 0 Å². The maximum Gasteiger partial charge on any atom is 0.118 e. The van der Waals surface area contributed by atoms with Crippen LogP contribution in [0.5, 0.6) is 0 Å². The molecule has 1 heterocycles. The van der Waals surface area contributed by atoms with Crippen LogP contribution in [-0.4, -0.2) is 14.1 Å². The molecule has 1 N–H and O–H groups in total. The van der Waals surface area contributed by atoms with Crippen LogP contribution in [0.4, 0.5) is 0 Å². The SMILES string of the molecule is C[NH+](C)[C@@H]1Cc2cc(Cl)ccc2Sc2ccccc21. The molecule has 98 valence electrons. The fraction of sp³-hybridized carbons (Fsp3) is 0.250. The lowest BCUT2D eigenvalue weighted by Crippen LogP contribution is -3.06. The van der Waals surface area contributed by atoms with Gasteiger partial charge in [-0.15, -0.1) is 0 Å². The summed E-state index contributed by atoms with van der Waals surface area (Å²) >= 11 is 8.01. The summed E-state index contributed by atoms with van der Waals surface area (Å²) in [5.41, 5.74) is 2.81. The number of hydrogen-bond acceptors (Lipinski definition) is 1. The summed E-state index contributed by atoms with van der Waals surface area (Å²) < 4.78 is 0. The third-order valence-electron chi connectivity index (χ3n) is 3.66. The summed E-state index contributed by atoms with van der Waals surface area (Å²) in [6, 6.07) is 15.5. The van der Waals surface area contributed by atoms with Crippen LogP contribution in [0.25, 0.3) is 0 Å². The zero-order chi connectivity index (χ0) is 13.4. The summed E-state index contributed by atoms with van der Waals surface area (Å²) in [6.07, 6.45) is 1.04. The number of nitrogens with one attached hydrogen (secondary N) is 1. The summed E-state index contributed by atoms with van der Waals surface area (Å²) in [5.74, 6) is 0. The normalized spacial score (nSPS) is 17.8. The molecule has 0 saturated heterocycles. The second-order valence-electron chi connectivity index (χ2n) is 5.23. The average Bonchev–Trinajstić information content (AvgIpc) is 2.55. The van der Waals surface area contributed by atoms with Crippen LogP contribution in [0.15, 0.2) is 52.3 Å². The second kappa shape index (κ2) is 5.20. The molecular formula is C16H17ClNS+. The molecule has 1 nitrogen and oxygen atoms in total. The summed E-state index contributed by atoms with van der Waals surface area (Å²) in [6.45, 7) is 0. The van der Waals surface area contributed by atoms with E-state index in [2.05, 4.69) is 50.5 Å². The van der Waals surface area contributed by atoms with E-state index < -0.39 is 0 Å². The molecule has 2 aromatic carbocycles. The highest BCUT2D eigenvalue weighted by atomic mass is 35.5. The summed E-state index contributed by atoms with van der Waals surface area (Å²) in [4.78, 5) is 4.16. The molecule has 2 aromatic rings. The van der Waals surface area contributed by atoms with Crippen LogP contribution < -0.4 is 4.90 Å². The van der Waals surface area contributed by atoms with Gasteiger partial charge < -0.3 is 4.90 Å². The zero-order valence-corrected chi connectivity index (χ0v) is 12.7. The van der Waals surface area contributed by atoms with Crippen LogP contribution in [-0.2, 0) is 6.42 Å². The lowest BCUT2D eigenvalue weighted by Gasteiger charge is -2.21. The number of halogens is 1. The molecule has 0 spiro atoms. The van der Waals surface area contributed by atoms with E-state index in [1.807, 2.05) is 17.8 Å². The maximum absolute atomic E-state index is 6.15. The summed E-state index contributed by atoms with van der Waals surface area (Å²) in [7, 11) is 4.45. The topological polar surface area (TPSA) is 4.44 Å². The van der Waals surface area contributed by atoms with Gasteiger partial charge in [0.15, 0.2) is 0 Å². The molecular weight excluding hydrogens is 274 g/mol. The van der Waals surface area contributed by atoms with Gasteiger partial charge in [-0.05, 0) is 29.8 Å². The number of hydrogen-bond donors (Lipinski definition) is 1. The fourth-order valence-electron chi connectivity index (χ4n) is 2.63. The van der Waals surface area contributed by atoms with E-state index >= 15 is 0 Å². The minimum absolute atomic E-state index is 0.489. The molecule has 1 aliphatic rings. The van der Waals surface area contributed by atoms with Gasteiger partial charge in [0.1, 0.15) is 6.04 Å². The fourth-order valence-corrected chi connectivity index (χ4v) is 3.95. The van der Waals surface area contributed by atoms with Gasteiger partial charge in [0, 0.05) is 26.8 Å². The summed E-state index contributed by atoms with van der Waals surface area (Å²) in [5, 5.41) is 0.831. The Bertz CT molecular complexity index is 609. The van der Waals surface area contributed by atoms with Crippen molar-refractivity contribution in [2.24, 2.45) is 0 Å². The Hall–Kier alpha value is -0.960. The second-order valence-corrected chi connectivity index (χ2v) is 6.75. The molecule has 0 unspecified atom stereocenters. The van der Waals surface area contributed by atoms with Crippen LogP contribution in [0.2, 0.25) is 5.02 Å². The molecule has 1 aliphatic heterocycles. The molecule has 1 atom stereocenters. The van der Waals surface area contributed by atoms with Gasteiger partial charge in [0.2, 0.25) is 0 Å². The molecule has 0 radical (unpaired) electrons. The highest BCUT2D eigenvalue weighted by Crippen LogP contribution is 2.40. The van der Waals surface area contributed by atoms with Crippen LogP contribution in [0.1, 0.15) is 17.2 Å². The Balaban J connectivity index is 2.14. The van der Waals surface area contributed by atoms with Crippen molar-refractivity contribution in [3.8, 4) is 0 Å². The van der Waals surface area contributed by atoms with E-state index in [-0.39, 0.29) is 0 Å². The molecule has 19 heavy (non-hydrogen) atoms. The Morgan fingerprint density at radius 1 is 1.11 bits per heavy atom. The predicted molar refractivity (Wildman–Crippen MR) is 81.3 cm³/mol. The van der Waals surface area contributed by atoms with E-state index in [0.717, 1.165) is 11.4 Å². The predicted octanol–water partition coefficient (Wildman–Crippen LogP) is 3.23. The standard InChI is InChI=1S/C16H16ClNS/c1-18(2)14-10-11-9-12(17)7-8-15(11)19-16-6-4-3-5-13(14)16/h3-9,14H,10H2,1-2H3/p+1/t14-/m1/s1. The van der Waals surface area contributed by atoms with Crippen molar-refractivity contribution in [2.75, 3.05) is 14.1 Å². The first kappa shape index (κ1) is 13.0. The van der Waals surface area contributed by atoms with Crippen molar-refractivity contribution in [3.63, 3.8) is 0 Å². The Morgan fingerprint density at radius 3 is 2.68 bits per heavy atom. The monoisotopic (exact) mass is 290 g/mol. The minimum Gasteiger partial charge on any atom is -0.333 e. The van der Waals surface area contributed by atoms with E-state index in [1.165, 1.54) is 25.8 Å². The van der Waals surface area contributed by atoms with Crippen molar-refractivity contribution in [1.82, 2.24) is 0 Å². The van der Waals surface area contributed by atoms with Crippen molar-refractivity contribution >= 4 is 23.4 Å². The largest absolute Gasteiger partial charge is 0.333 e. The molecule has 0 saturated carbocycles. The first-order valence-electron chi connectivity index (χ1n) is 6.50. The first-order valence-corrected chi connectivity index (χ1v) is 7.70. The Kier molecular flexibility index (Phi) is 3.57. The lowest BCUT2D eigenvalue weighted by molar-refractivity contribution is -0.892. The molecule has 0 bridgehead atoms. The van der Waals surface area contributed by atoms with Gasteiger partial charge in [-0.25, -0.2) is 0 Å². The Labute approximate surface area is 123 Å². The molecule has 0 aromatic heterocycles. The molecule has 0 fully saturated rings. The minimum atomic E-state index is 0.489. The number of likely N-dealkylation sites (N-methyl/N-ethyl adjacent to an activating group) is 1. The van der Waals surface area contributed by atoms with Crippen molar-refractivity contribution in [2.45, 2.75) is 22.3 Å². The molecule has 0 aliphatic carbocycles. The van der Waals surface area contributed by atoms with Gasteiger partial charge in [-0.2, -0.15) is 0 Å². The molecule has 3 heteroatoms. The Morgan fingerprint density at radius 2 is 1.89 bits per heavy atom. The van der Waals surface area contributed by atoms with E-state index in [0.29, 0.717) is 6.04 Å². The molecule has 3 rings (SSSR count). The van der Waals surface area contributed by atoms with E-state index in [4.69, 9.17) is 11.6 Å². The van der Waals surface area contributed by atoms with Crippen molar-refractivity contribution < 1.29 is 4.90 Å². The number of rotatable bonds is 1. The van der Waals surface area contributed by atoms with Crippen molar-refractivity contribution in [3.05, 3.63) is 58.6 Å². The van der Waals surface area contributed by atoms with E-state index in [1.54, 1.807) is 0 Å². The quantitative estimate of drug-likeness (QED) is 0.845. The highest BCUT2D eigenvalue weighted by Gasteiger charge is 2.26. The van der Waals surface area contributed by atoms with Crippen LogP contribution in [0, 0.1) is 0 Å². The average molecular weight is 291 g/mol. The van der Waals surface area contributed by atoms with Gasteiger partial charge >= 0.3 is 0 Å². The smallest absolute Gasteiger partial charge is 0.118 e. The number of quaternary nitrogens is 1. The first-order chi connectivity index (χ1) is 9.15. The molecule has 0 amide bonds. The van der Waals surface area contributed by atoms with Crippen LogP contribution in [0.3, 0.4) is 0 Å². The maximum atomic E-state index is 6.15. The van der Waals surface area contributed by atoms with E-state index in [9.17, 15) is 0 Å². The van der Waals surface area contributed by atoms with Gasteiger partial charge in [0.05, 0.1) is 14.1 Å².